The van der Waals surface area contributed by atoms with Crippen molar-refractivity contribution in [2.45, 2.75) is 13.0 Å². The highest BCUT2D eigenvalue weighted by molar-refractivity contribution is 6.30. The molecule has 0 aliphatic rings. The van der Waals surface area contributed by atoms with Gasteiger partial charge in [0.05, 0.1) is 7.11 Å². The van der Waals surface area contributed by atoms with E-state index in [1.807, 2.05) is 43.3 Å². The molecule has 2 aromatic carbocycles. The summed E-state index contributed by atoms with van der Waals surface area (Å²) in [6.45, 7) is 1.98. The smallest absolute Gasteiger partial charge is 0.332 e. The SMILES string of the molecule is COC(=O)C(Nc1ccccc1C)c1cccc(Cl)c1. The molecule has 4 heteroatoms. The molecule has 0 saturated carbocycles. The zero-order valence-electron chi connectivity index (χ0n) is 11.4. The number of halogens is 1. The minimum atomic E-state index is -0.584. The average molecular weight is 290 g/mol. The molecule has 1 unspecified atom stereocenters. The fourth-order valence-electron chi connectivity index (χ4n) is 1.97. The summed E-state index contributed by atoms with van der Waals surface area (Å²) < 4.78 is 4.87. The second-order valence-corrected chi connectivity index (χ2v) is 4.91. The van der Waals surface area contributed by atoms with Gasteiger partial charge in [-0.05, 0) is 36.2 Å². The highest BCUT2D eigenvalue weighted by Crippen LogP contribution is 2.25. The minimum absolute atomic E-state index is 0.351. The summed E-state index contributed by atoms with van der Waals surface area (Å²) in [7, 11) is 1.37. The molecule has 2 aromatic rings. The number of anilines is 1. The number of hydrogen-bond donors (Lipinski definition) is 1. The van der Waals surface area contributed by atoms with E-state index in [0.717, 1.165) is 16.8 Å². The second kappa shape index (κ2) is 6.44. The van der Waals surface area contributed by atoms with Gasteiger partial charge in [0.1, 0.15) is 0 Å². The summed E-state index contributed by atoms with van der Waals surface area (Å²) in [4.78, 5) is 12.0. The molecule has 0 saturated heterocycles. The van der Waals surface area contributed by atoms with Gasteiger partial charge in [-0.3, -0.25) is 0 Å². The molecular formula is C16H16ClNO2. The molecule has 1 atom stereocenters. The van der Waals surface area contributed by atoms with Crippen molar-refractivity contribution in [3.63, 3.8) is 0 Å². The summed E-state index contributed by atoms with van der Waals surface area (Å²) in [5.41, 5.74) is 2.72. The molecule has 0 spiro atoms. The molecule has 0 amide bonds. The largest absolute Gasteiger partial charge is 0.467 e. The highest BCUT2D eigenvalue weighted by atomic mass is 35.5. The van der Waals surface area contributed by atoms with Crippen LogP contribution in [0.25, 0.3) is 0 Å². The van der Waals surface area contributed by atoms with Crippen LogP contribution in [-0.4, -0.2) is 13.1 Å². The molecule has 0 heterocycles. The molecule has 104 valence electrons. The third-order valence-electron chi connectivity index (χ3n) is 3.06. The number of para-hydroxylation sites is 1. The van der Waals surface area contributed by atoms with Crippen molar-refractivity contribution in [2.75, 3.05) is 12.4 Å². The summed E-state index contributed by atoms with van der Waals surface area (Å²) in [5, 5.41) is 3.79. The Hall–Kier alpha value is -2.00. The van der Waals surface area contributed by atoms with Gasteiger partial charge in [-0.25, -0.2) is 4.79 Å². The first-order valence-electron chi connectivity index (χ1n) is 6.27. The number of carbonyl (C=O) groups is 1. The Morgan fingerprint density at radius 3 is 2.60 bits per heavy atom. The summed E-state index contributed by atoms with van der Waals surface area (Å²) in [6.07, 6.45) is 0. The number of esters is 1. The molecule has 2 rings (SSSR count). The van der Waals surface area contributed by atoms with E-state index in [2.05, 4.69) is 5.32 Å². The van der Waals surface area contributed by atoms with Crippen LogP contribution >= 0.6 is 11.6 Å². The van der Waals surface area contributed by atoms with Crippen LogP contribution in [0, 0.1) is 6.92 Å². The third kappa shape index (κ3) is 3.31. The van der Waals surface area contributed by atoms with Crippen molar-refractivity contribution in [1.82, 2.24) is 0 Å². The molecule has 0 aliphatic heterocycles. The van der Waals surface area contributed by atoms with Crippen molar-refractivity contribution in [3.8, 4) is 0 Å². The van der Waals surface area contributed by atoms with Crippen LogP contribution < -0.4 is 5.32 Å². The maximum atomic E-state index is 12.0. The van der Waals surface area contributed by atoms with Gasteiger partial charge < -0.3 is 10.1 Å². The Bertz CT molecular complexity index is 613. The van der Waals surface area contributed by atoms with Gasteiger partial charge in [-0.2, -0.15) is 0 Å². The maximum Gasteiger partial charge on any atom is 0.332 e. The Kier molecular flexibility index (Phi) is 4.64. The second-order valence-electron chi connectivity index (χ2n) is 4.47. The van der Waals surface area contributed by atoms with Gasteiger partial charge in [-0.1, -0.05) is 41.9 Å². The molecule has 20 heavy (non-hydrogen) atoms. The fourth-order valence-corrected chi connectivity index (χ4v) is 2.17. The number of ether oxygens (including phenoxy) is 1. The standard InChI is InChI=1S/C16H16ClNO2/c1-11-6-3-4-9-14(11)18-15(16(19)20-2)12-7-5-8-13(17)10-12/h3-10,15,18H,1-2H3. The lowest BCUT2D eigenvalue weighted by Gasteiger charge is -2.19. The van der Waals surface area contributed by atoms with E-state index in [0.29, 0.717) is 5.02 Å². The van der Waals surface area contributed by atoms with Crippen molar-refractivity contribution in [3.05, 3.63) is 64.7 Å². The van der Waals surface area contributed by atoms with E-state index in [4.69, 9.17) is 16.3 Å². The van der Waals surface area contributed by atoms with Crippen LogP contribution in [0.4, 0.5) is 5.69 Å². The zero-order chi connectivity index (χ0) is 14.5. The molecule has 0 bridgehead atoms. The molecule has 3 nitrogen and oxygen atoms in total. The predicted octanol–water partition coefficient (Wildman–Crippen LogP) is 3.97. The van der Waals surface area contributed by atoms with Crippen molar-refractivity contribution < 1.29 is 9.53 Å². The van der Waals surface area contributed by atoms with Crippen molar-refractivity contribution in [2.24, 2.45) is 0 Å². The Morgan fingerprint density at radius 2 is 1.95 bits per heavy atom. The average Bonchev–Trinajstić information content (AvgIpc) is 2.45. The first-order valence-corrected chi connectivity index (χ1v) is 6.65. The maximum absolute atomic E-state index is 12.0. The summed E-state index contributed by atoms with van der Waals surface area (Å²) in [6, 6.07) is 14.4. The van der Waals surface area contributed by atoms with Crippen molar-refractivity contribution >= 4 is 23.3 Å². The van der Waals surface area contributed by atoms with Crippen LogP contribution in [-0.2, 0) is 9.53 Å². The lowest BCUT2D eigenvalue weighted by atomic mass is 10.1. The quantitative estimate of drug-likeness (QED) is 0.866. The van der Waals surface area contributed by atoms with Crippen molar-refractivity contribution in [1.29, 1.82) is 0 Å². The summed E-state index contributed by atoms with van der Waals surface area (Å²) in [5.74, 6) is -0.351. The molecule has 1 N–H and O–H groups in total. The van der Waals surface area contributed by atoms with E-state index >= 15 is 0 Å². The number of aryl methyl sites for hydroxylation is 1. The van der Waals surface area contributed by atoms with Gasteiger partial charge in [-0.15, -0.1) is 0 Å². The van der Waals surface area contributed by atoms with Crippen LogP contribution in [0.15, 0.2) is 48.5 Å². The lowest BCUT2D eigenvalue weighted by Crippen LogP contribution is -2.22. The number of rotatable bonds is 4. The number of methoxy groups -OCH3 is 1. The van der Waals surface area contributed by atoms with Gasteiger partial charge in [0.25, 0.3) is 0 Å². The van der Waals surface area contributed by atoms with Crippen LogP contribution in [0.2, 0.25) is 5.02 Å². The van der Waals surface area contributed by atoms with Crippen LogP contribution in [0.5, 0.6) is 0 Å². The number of benzene rings is 2. The van der Waals surface area contributed by atoms with E-state index in [-0.39, 0.29) is 5.97 Å². The monoisotopic (exact) mass is 289 g/mol. The van der Waals surface area contributed by atoms with Gasteiger partial charge in [0, 0.05) is 10.7 Å². The van der Waals surface area contributed by atoms with Gasteiger partial charge in [0.15, 0.2) is 6.04 Å². The molecule has 0 aliphatic carbocycles. The summed E-state index contributed by atoms with van der Waals surface area (Å²) >= 11 is 5.99. The highest BCUT2D eigenvalue weighted by Gasteiger charge is 2.21. The van der Waals surface area contributed by atoms with E-state index < -0.39 is 6.04 Å². The zero-order valence-corrected chi connectivity index (χ0v) is 12.1. The lowest BCUT2D eigenvalue weighted by molar-refractivity contribution is -0.141. The first kappa shape index (κ1) is 14.4. The fraction of sp³-hybridized carbons (Fsp3) is 0.188. The Balaban J connectivity index is 2.34. The van der Waals surface area contributed by atoms with E-state index in [9.17, 15) is 4.79 Å². The first-order chi connectivity index (χ1) is 9.61. The van der Waals surface area contributed by atoms with Crippen LogP contribution in [0.3, 0.4) is 0 Å². The van der Waals surface area contributed by atoms with E-state index in [1.54, 1.807) is 12.1 Å². The topological polar surface area (TPSA) is 38.3 Å². The number of hydrogen-bond acceptors (Lipinski definition) is 3. The van der Waals surface area contributed by atoms with Crippen LogP contribution in [0.1, 0.15) is 17.2 Å². The molecule has 0 radical (unpaired) electrons. The van der Waals surface area contributed by atoms with Gasteiger partial charge >= 0.3 is 5.97 Å². The predicted molar refractivity (Wildman–Crippen MR) is 81.0 cm³/mol. The number of carbonyl (C=O) groups excluding carboxylic acids is 1. The van der Waals surface area contributed by atoms with Gasteiger partial charge in [0.2, 0.25) is 0 Å². The Labute approximate surface area is 123 Å². The molecular weight excluding hydrogens is 274 g/mol. The molecule has 0 aromatic heterocycles. The third-order valence-corrected chi connectivity index (χ3v) is 3.30. The Morgan fingerprint density at radius 1 is 1.20 bits per heavy atom. The minimum Gasteiger partial charge on any atom is -0.467 e. The van der Waals surface area contributed by atoms with E-state index in [1.165, 1.54) is 7.11 Å². The molecule has 0 fully saturated rings. The number of nitrogens with one attached hydrogen (secondary N) is 1. The normalized spacial score (nSPS) is 11.8.